The number of nitriles is 1. The van der Waals surface area contributed by atoms with Crippen molar-refractivity contribution in [3.63, 3.8) is 0 Å². The molecule has 1 aliphatic carbocycles. The van der Waals surface area contributed by atoms with Gasteiger partial charge in [0, 0.05) is 24.6 Å². The van der Waals surface area contributed by atoms with Crippen LogP contribution in [0.3, 0.4) is 0 Å². The fourth-order valence-corrected chi connectivity index (χ4v) is 6.47. The summed E-state index contributed by atoms with van der Waals surface area (Å²) in [5, 5.41) is 17.0. The molecule has 3 heterocycles. The number of likely N-dealkylation sites (tertiary alicyclic amines) is 1. The summed E-state index contributed by atoms with van der Waals surface area (Å²) in [6.45, 7) is 8.00. The zero-order valence-electron chi connectivity index (χ0n) is 21.9. The number of nitrogens with zero attached hydrogens (tertiary/aromatic N) is 2. The molecule has 0 aromatic carbocycles. The molecule has 0 bridgehead atoms. The van der Waals surface area contributed by atoms with Crippen molar-refractivity contribution >= 4 is 23.6 Å². The number of fused-ring (bicyclic) bond motifs is 1. The van der Waals surface area contributed by atoms with Crippen LogP contribution in [0.15, 0.2) is 0 Å². The lowest BCUT2D eigenvalue weighted by Gasteiger charge is -2.35. The van der Waals surface area contributed by atoms with Gasteiger partial charge in [0.05, 0.1) is 12.2 Å². The summed E-state index contributed by atoms with van der Waals surface area (Å²) in [6.07, 6.45) is -4.74. The molecule has 3 aliphatic heterocycles. The summed E-state index contributed by atoms with van der Waals surface area (Å²) in [4.78, 5) is 52.4. The lowest BCUT2D eigenvalue weighted by molar-refractivity contribution is -0.176. The summed E-state index contributed by atoms with van der Waals surface area (Å²) in [7, 11) is 0. The van der Waals surface area contributed by atoms with Gasteiger partial charge in [-0.05, 0) is 56.8 Å². The predicted molar refractivity (Wildman–Crippen MR) is 126 cm³/mol. The second-order valence-electron chi connectivity index (χ2n) is 12.1. The standard InChI is InChI=1S/C25H34F3N5O5/c1-23(2)9-12(19(34)32-23)8-13(10-29)30-20(35)18-16-14(24(16,3)4)11-33(18)21(36)17(15-6-5-7-38-15)31-22(37)25(26,27)28/h12-18H,5-9,11H2,1-4H3,(H,30,35)(H,31,37)(H,32,34)/t12-,13+,14+,15?,16+,17+,18+/m1/s1. The van der Waals surface area contributed by atoms with E-state index in [1.807, 2.05) is 33.8 Å². The van der Waals surface area contributed by atoms with Gasteiger partial charge >= 0.3 is 12.1 Å². The van der Waals surface area contributed by atoms with Gasteiger partial charge in [-0.3, -0.25) is 19.2 Å². The number of halogens is 3. The van der Waals surface area contributed by atoms with Crippen molar-refractivity contribution in [3.8, 4) is 6.07 Å². The number of carbonyl (C=O) groups excluding carboxylic acids is 4. The van der Waals surface area contributed by atoms with Crippen LogP contribution in [0.2, 0.25) is 0 Å². The first-order chi connectivity index (χ1) is 17.6. The summed E-state index contributed by atoms with van der Waals surface area (Å²) in [5.74, 6) is -4.67. The molecule has 38 heavy (non-hydrogen) atoms. The number of nitrogens with one attached hydrogen (secondary N) is 3. The van der Waals surface area contributed by atoms with Crippen LogP contribution in [0.25, 0.3) is 0 Å². The molecular formula is C25H34F3N5O5. The maximum absolute atomic E-state index is 13.6. The molecule has 1 unspecified atom stereocenters. The van der Waals surface area contributed by atoms with Crippen LogP contribution < -0.4 is 16.0 Å². The van der Waals surface area contributed by atoms with Crippen molar-refractivity contribution in [2.75, 3.05) is 13.2 Å². The van der Waals surface area contributed by atoms with Crippen molar-refractivity contribution < 1.29 is 37.1 Å². The van der Waals surface area contributed by atoms with Crippen molar-refractivity contribution in [2.24, 2.45) is 23.2 Å². The van der Waals surface area contributed by atoms with Crippen LogP contribution in [0.4, 0.5) is 13.2 Å². The van der Waals surface area contributed by atoms with E-state index in [1.54, 1.807) is 5.32 Å². The minimum atomic E-state index is -5.19. The summed E-state index contributed by atoms with van der Waals surface area (Å²) >= 11 is 0. The molecule has 3 saturated heterocycles. The normalized spacial score (nSPS) is 32.5. The highest BCUT2D eigenvalue weighted by molar-refractivity contribution is 5.95. The summed E-state index contributed by atoms with van der Waals surface area (Å²) < 4.78 is 44.6. The van der Waals surface area contributed by atoms with Gasteiger partial charge in [-0.15, -0.1) is 0 Å². The third-order valence-corrected chi connectivity index (χ3v) is 8.49. The average molecular weight is 542 g/mol. The highest BCUT2D eigenvalue weighted by Crippen LogP contribution is 2.65. The van der Waals surface area contributed by atoms with Gasteiger partial charge in [0.25, 0.3) is 0 Å². The molecule has 4 aliphatic rings. The van der Waals surface area contributed by atoms with Crippen molar-refractivity contribution in [1.82, 2.24) is 20.9 Å². The number of amides is 4. The topological polar surface area (TPSA) is 141 Å². The van der Waals surface area contributed by atoms with Crippen molar-refractivity contribution in [2.45, 2.75) is 89.3 Å². The Kier molecular flexibility index (Phi) is 7.18. The molecule has 0 aromatic heterocycles. The lowest BCUT2D eigenvalue weighted by atomic mass is 9.91. The van der Waals surface area contributed by atoms with E-state index in [-0.39, 0.29) is 49.2 Å². The number of piperidine rings is 1. The first kappa shape index (κ1) is 28.1. The Labute approximate surface area is 219 Å². The zero-order valence-corrected chi connectivity index (χ0v) is 21.9. The SMILES string of the molecule is CC1(C)C[C@@H](C[C@@H](C#N)NC(=O)[C@@H]2[C@@H]3[C@H](CN2C(=O)[C@@H](NC(=O)C(F)(F)F)C2CCCO2)C3(C)C)C(=O)N1. The van der Waals surface area contributed by atoms with Gasteiger partial charge < -0.3 is 25.6 Å². The van der Waals surface area contributed by atoms with Gasteiger partial charge in [-0.25, -0.2) is 0 Å². The third kappa shape index (κ3) is 5.32. The van der Waals surface area contributed by atoms with Gasteiger partial charge in [0.15, 0.2) is 0 Å². The molecule has 4 fully saturated rings. The van der Waals surface area contributed by atoms with Crippen LogP contribution in [-0.2, 0) is 23.9 Å². The Bertz CT molecular complexity index is 1050. The predicted octanol–water partition coefficient (Wildman–Crippen LogP) is 1.01. The number of alkyl halides is 3. The average Bonchev–Trinajstić information content (AvgIpc) is 3.32. The summed E-state index contributed by atoms with van der Waals surface area (Å²) in [6, 6.07) is -1.61. The molecule has 0 radical (unpaired) electrons. The highest BCUT2D eigenvalue weighted by atomic mass is 19.4. The van der Waals surface area contributed by atoms with E-state index in [2.05, 4.69) is 10.6 Å². The van der Waals surface area contributed by atoms with E-state index in [0.717, 1.165) is 0 Å². The van der Waals surface area contributed by atoms with Gasteiger partial charge in [0.1, 0.15) is 18.1 Å². The van der Waals surface area contributed by atoms with E-state index in [9.17, 15) is 37.6 Å². The molecule has 4 amide bonds. The Balaban J connectivity index is 1.52. The molecule has 4 rings (SSSR count). The molecule has 7 atom stereocenters. The van der Waals surface area contributed by atoms with Gasteiger partial charge in [-0.1, -0.05) is 13.8 Å². The molecule has 210 valence electrons. The maximum atomic E-state index is 13.6. The van der Waals surface area contributed by atoms with Crippen LogP contribution in [-0.4, -0.2) is 77.6 Å². The van der Waals surface area contributed by atoms with E-state index < -0.39 is 59.6 Å². The highest BCUT2D eigenvalue weighted by Gasteiger charge is 2.70. The zero-order chi connectivity index (χ0) is 28.2. The van der Waals surface area contributed by atoms with Crippen LogP contribution >= 0.6 is 0 Å². The van der Waals surface area contributed by atoms with E-state index in [0.29, 0.717) is 12.8 Å². The molecular weight excluding hydrogens is 507 g/mol. The molecule has 13 heteroatoms. The number of carbonyl (C=O) groups is 4. The first-order valence-corrected chi connectivity index (χ1v) is 12.9. The Morgan fingerprint density at radius 3 is 2.45 bits per heavy atom. The second kappa shape index (κ2) is 9.70. The molecule has 3 N–H and O–H groups in total. The van der Waals surface area contributed by atoms with E-state index in [4.69, 9.17) is 4.74 Å². The number of hydrogen-bond donors (Lipinski definition) is 3. The van der Waals surface area contributed by atoms with Crippen LogP contribution in [0, 0.1) is 34.5 Å². The molecule has 0 aromatic rings. The maximum Gasteiger partial charge on any atom is 0.471 e. The second-order valence-corrected chi connectivity index (χ2v) is 12.1. The molecule has 0 spiro atoms. The summed E-state index contributed by atoms with van der Waals surface area (Å²) in [5.41, 5.74) is -0.714. The van der Waals surface area contributed by atoms with E-state index >= 15 is 0 Å². The molecule has 10 nitrogen and oxygen atoms in total. The van der Waals surface area contributed by atoms with Gasteiger partial charge in [-0.2, -0.15) is 18.4 Å². The smallest absolute Gasteiger partial charge is 0.376 e. The minimum absolute atomic E-state index is 0.0624. The minimum Gasteiger partial charge on any atom is -0.376 e. The molecule has 1 saturated carbocycles. The van der Waals surface area contributed by atoms with Crippen molar-refractivity contribution in [3.05, 3.63) is 0 Å². The van der Waals surface area contributed by atoms with Crippen LogP contribution in [0.5, 0.6) is 0 Å². The van der Waals surface area contributed by atoms with Gasteiger partial charge in [0.2, 0.25) is 17.7 Å². The van der Waals surface area contributed by atoms with E-state index in [1.165, 1.54) is 4.90 Å². The third-order valence-electron chi connectivity index (χ3n) is 8.49. The van der Waals surface area contributed by atoms with Crippen LogP contribution in [0.1, 0.15) is 53.4 Å². The Hall–Kier alpha value is -2.88. The fraction of sp³-hybridized carbons (Fsp3) is 0.800. The quantitative estimate of drug-likeness (QED) is 0.440. The number of hydrogen-bond acceptors (Lipinski definition) is 6. The monoisotopic (exact) mass is 541 g/mol. The Morgan fingerprint density at radius 1 is 1.24 bits per heavy atom. The Morgan fingerprint density at radius 2 is 1.92 bits per heavy atom. The largest absolute Gasteiger partial charge is 0.471 e. The number of rotatable bonds is 7. The number of ether oxygens (including phenoxy) is 1. The van der Waals surface area contributed by atoms with Crippen molar-refractivity contribution in [1.29, 1.82) is 5.26 Å². The first-order valence-electron chi connectivity index (χ1n) is 12.9. The lowest BCUT2D eigenvalue weighted by Crippen LogP contribution is -2.60. The fourth-order valence-electron chi connectivity index (χ4n) is 6.47.